The van der Waals surface area contributed by atoms with Gasteiger partial charge in [0, 0.05) is 9.40 Å². The van der Waals surface area contributed by atoms with Gasteiger partial charge in [-0.25, -0.2) is 4.79 Å². The van der Waals surface area contributed by atoms with Crippen molar-refractivity contribution in [3.63, 3.8) is 0 Å². The highest BCUT2D eigenvalue weighted by Gasteiger charge is 2.16. The number of carbonyl (C=O) groups is 2. The van der Waals surface area contributed by atoms with Crippen molar-refractivity contribution in [3.05, 3.63) is 46.2 Å². The largest absolute Gasteiger partial charge is 0.508 e. The van der Waals surface area contributed by atoms with Gasteiger partial charge in [0.1, 0.15) is 5.75 Å². The van der Waals surface area contributed by atoms with Crippen molar-refractivity contribution in [2.45, 2.75) is 0 Å². The standard InChI is InChI=1S/C14H9NO4S2/c16-7-1-2-9(8(5-7)14(18)19)15-13(17)12-6-11-10(21-12)3-4-20-11/h1-6,16H,(H,15,17)(H,18,19). The molecule has 0 aliphatic heterocycles. The number of amides is 1. The summed E-state index contributed by atoms with van der Waals surface area (Å²) in [4.78, 5) is 23.8. The van der Waals surface area contributed by atoms with E-state index in [2.05, 4.69) is 5.32 Å². The average Bonchev–Trinajstić information content (AvgIpc) is 3.01. The Morgan fingerprint density at radius 2 is 1.90 bits per heavy atom. The Balaban J connectivity index is 1.91. The minimum Gasteiger partial charge on any atom is -0.508 e. The first-order valence-electron chi connectivity index (χ1n) is 5.89. The fourth-order valence-corrected chi connectivity index (χ4v) is 3.88. The predicted octanol–water partition coefficient (Wildman–Crippen LogP) is 3.62. The number of hydrogen-bond acceptors (Lipinski definition) is 5. The van der Waals surface area contributed by atoms with Crippen LogP contribution in [0.15, 0.2) is 35.7 Å². The van der Waals surface area contributed by atoms with Crippen LogP contribution in [0, 0.1) is 0 Å². The maximum absolute atomic E-state index is 12.2. The van der Waals surface area contributed by atoms with Gasteiger partial charge < -0.3 is 15.5 Å². The van der Waals surface area contributed by atoms with E-state index < -0.39 is 5.97 Å². The molecule has 0 bridgehead atoms. The fourth-order valence-electron chi connectivity index (χ4n) is 1.88. The maximum atomic E-state index is 12.2. The van der Waals surface area contributed by atoms with Crippen molar-refractivity contribution in [1.82, 2.24) is 0 Å². The van der Waals surface area contributed by atoms with Crippen molar-refractivity contribution in [2.75, 3.05) is 5.32 Å². The molecule has 3 aromatic rings. The Bertz CT molecular complexity index is 821. The number of anilines is 1. The van der Waals surface area contributed by atoms with Gasteiger partial charge in [0.05, 0.1) is 16.1 Å². The number of nitrogens with one attached hydrogen (secondary N) is 1. The third-order valence-corrected chi connectivity index (χ3v) is 4.94. The van der Waals surface area contributed by atoms with Gasteiger partial charge in [0.25, 0.3) is 5.91 Å². The zero-order valence-electron chi connectivity index (χ0n) is 10.5. The summed E-state index contributed by atoms with van der Waals surface area (Å²) in [6.45, 7) is 0. The summed E-state index contributed by atoms with van der Waals surface area (Å²) in [5, 5.41) is 22.9. The SMILES string of the molecule is O=C(Nc1ccc(O)cc1C(=O)O)c1cc2sccc2s1. The van der Waals surface area contributed by atoms with Crippen molar-refractivity contribution in [1.29, 1.82) is 0 Å². The van der Waals surface area contributed by atoms with E-state index in [-0.39, 0.29) is 22.9 Å². The highest BCUT2D eigenvalue weighted by molar-refractivity contribution is 7.27. The smallest absolute Gasteiger partial charge is 0.337 e. The number of carboxylic acids is 1. The summed E-state index contributed by atoms with van der Waals surface area (Å²) in [7, 11) is 0. The van der Waals surface area contributed by atoms with Crippen LogP contribution in [0.2, 0.25) is 0 Å². The molecule has 0 unspecified atom stereocenters. The van der Waals surface area contributed by atoms with E-state index in [4.69, 9.17) is 5.11 Å². The van der Waals surface area contributed by atoms with Crippen molar-refractivity contribution < 1.29 is 19.8 Å². The highest BCUT2D eigenvalue weighted by Crippen LogP contribution is 2.31. The molecule has 5 nitrogen and oxygen atoms in total. The van der Waals surface area contributed by atoms with Gasteiger partial charge in [0.15, 0.2) is 0 Å². The molecule has 0 aliphatic rings. The highest BCUT2D eigenvalue weighted by atomic mass is 32.1. The van der Waals surface area contributed by atoms with Crippen LogP contribution in [0.5, 0.6) is 5.75 Å². The lowest BCUT2D eigenvalue weighted by atomic mass is 10.1. The first kappa shape index (κ1) is 13.6. The molecule has 2 aromatic heterocycles. The first-order valence-corrected chi connectivity index (χ1v) is 7.59. The molecule has 3 rings (SSSR count). The number of phenolic OH excluding ortho intramolecular Hbond substituents is 1. The van der Waals surface area contributed by atoms with E-state index in [1.54, 1.807) is 17.4 Å². The van der Waals surface area contributed by atoms with Crippen molar-refractivity contribution in [2.24, 2.45) is 0 Å². The Hall–Kier alpha value is -2.38. The molecular weight excluding hydrogens is 310 g/mol. The van der Waals surface area contributed by atoms with Gasteiger partial charge in [-0.05, 0) is 35.7 Å². The number of aromatic carboxylic acids is 1. The number of thiophene rings is 2. The van der Waals surface area contributed by atoms with Gasteiger partial charge in [-0.15, -0.1) is 22.7 Å². The molecule has 3 N–H and O–H groups in total. The lowest BCUT2D eigenvalue weighted by molar-refractivity contribution is 0.0697. The van der Waals surface area contributed by atoms with Gasteiger partial charge in [-0.1, -0.05) is 0 Å². The molecule has 0 spiro atoms. The molecule has 0 saturated heterocycles. The molecule has 21 heavy (non-hydrogen) atoms. The fraction of sp³-hybridized carbons (Fsp3) is 0. The van der Waals surface area contributed by atoms with E-state index in [1.165, 1.54) is 23.5 Å². The number of benzene rings is 1. The number of hydrogen-bond donors (Lipinski definition) is 3. The average molecular weight is 319 g/mol. The van der Waals surface area contributed by atoms with E-state index >= 15 is 0 Å². The zero-order chi connectivity index (χ0) is 15.0. The van der Waals surface area contributed by atoms with Gasteiger partial charge >= 0.3 is 5.97 Å². The zero-order valence-corrected chi connectivity index (χ0v) is 12.1. The molecule has 106 valence electrons. The number of phenols is 1. The quantitative estimate of drug-likeness (QED) is 0.644. The van der Waals surface area contributed by atoms with Crippen LogP contribution in [-0.4, -0.2) is 22.1 Å². The monoisotopic (exact) mass is 319 g/mol. The van der Waals surface area contributed by atoms with Crippen LogP contribution >= 0.6 is 22.7 Å². The number of rotatable bonds is 3. The Morgan fingerprint density at radius 1 is 1.10 bits per heavy atom. The Morgan fingerprint density at radius 3 is 2.62 bits per heavy atom. The predicted molar refractivity (Wildman–Crippen MR) is 82.7 cm³/mol. The normalized spacial score (nSPS) is 10.7. The summed E-state index contributed by atoms with van der Waals surface area (Å²) in [5.41, 5.74) is 0.00349. The van der Waals surface area contributed by atoms with E-state index in [0.717, 1.165) is 15.5 Å². The molecule has 0 aliphatic carbocycles. The maximum Gasteiger partial charge on any atom is 0.337 e. The third kappa shape index (κ3) is 2.61. The summed E-state index contributed by atoms with van der Waals surface area (Å²) < 4.78 is 2.05. The molecule has 2 heterocycles. The summed E-state index contributed by atoms with van der Waals surface area (Å²) in [5.74, 6) is -1.74. The van der Waals surface area contributed by atoms with Gasteiger partial charge in [0.2, 0.25) is 0 Å². The molecule has 1 aromatic carbocycles. The molecule has 0 saturated carbocycles. The van der Waals surface area contributed by atoms with E-state index in [9.17, 15) is 14.7 Å². The lowest BCUT2D eigenvalue weighted by Gasteiger charge is -2.07. The Labute approximate surface area is 127 Å². The molecule has 0 fully saturated rings. The minimum atomic E-state index is -1.21. The molecule has 7 heteroatoms. The van der Waals surface area contributed by atoms with Crippen LogP contribution < -0.4 is 5.32 Å². The van der Waals surface area contributed by atoms with Crippen LogP contribution in [0.1, 0.15) is 20.0 Å². The van der Waals surface area contributed by atoms with E-state index in [0.29, 0.717) is 4.88 Å². The number of carbonyl (C=O) groups excluding carboxylic acids is 1. The summed E-state index contributed by atoms with van der Waals surface area (Å²) in [6.07, 6.45) is 0. The van der Waals surface area contributed by atoms with Crippen LogP contribution in [0.3, 0.4) is 0 Å². The summed E-state index contributed by atoms with van der Waals surface area (Å²) >= 11 is 2.90. The van der Waals surface area contributed by atoms with Crippen LogP contribution in [-0.2, 0) is 0 Å². The Kier molecular flexibility index (Phi) is 3.36. The molecule has 0 atom stereocenters. The first-order chi connectivity index (χ1) is 10.0. The summed E-state index contributed by atoms with van der Waals surface area (Å²) in [6, 6.07) is 7.51. The topological polar surface area (TPSA) is 86.6 Å². The lowest BCUT2D eigenvalue weighted by Crippen LogP contribution is -2.13. The van der Waals surface area contributed by atoms with Gasteiger partial charge in [-0.3, -0.25) is 4.79 Å². The second-order valence-corrected chi connectivity index (χ2v) is 6.28. The van der Waals surface area contributed by atoms with Crippen molar-refractivity contribution in [3.8, 4) is 5.75 Å². The second kappa shape index (κ2) is 5.19. The van der Waals surface area contributed by atoms with Gasteiger partial charge in [-0.2, -0.15) is 0 Å². The molecule has 0 radical (unpaired) electrons. The van der Waals surface area contributed by atoms with Crippen molar-refractivity contribution >= 4 is 49.6 Å². The van der Waals surface area contributed by atoms with E-state index in [1.807, 2.05) is 11.4 Å². The molecule has 1 amide bonds. The number of aromatic hydroxyl groups is 1. The van der Waals surface area contributed by atoms with Crippen LogP contribution in [0.4, 0.5) is 5.69 Å². The number of carboxylic acid groups (broad SMARTS) is 1. The minimum absolute atomic E-state index is 0.151. The number of fused-ring (bicyclic) bond motifs is 1. The van der Waals surface area contributed by atoms with Crippen LogP contribution in [0.25, 0.3) is 9.40 Å². The third-order valence-electron chi connectivity index (χ3n) is 2.84. The second-order valence-electron chi connectivity index (χ2n) is 4.25. The molecular formula is C14H9NO4S2.